The van der Waals surface area contributed by atoms with Crippen LogP contribution in [0.1, 0.15) is 5.56 Å². The zero-order valence-electron chi connectivity index (χ0n) is 14.8. The van der Waals surface area contributed by atoms with Gasteiger partial charge in [0.2, 0.25) is 5.82 Å². The lowest BCUT2D eigenvalue weighted by Crippen LogP contribution is -2.17. The van der Waals surface area contributed by atoms with E-state index in [1.165, 1.54) is 18.6 Å². The number of pyridine rings is 1. The van der Waals surface area contributed by atoms with E-state index in [-0.39, 0.29) is 11.6 Å². The van der Waals surface area contributed by atoms with Gasteiger partial charge in [-0.05, 0) is 23.8 Å². The SMILES string of the molecule is N=Nc1ncc(-c2cnn(CC(F)(F)F)c2)nc1NCc1ccn2nccc2c1. The molecule has 4 heterocycles. The number of alkyl halides is 3. The second-order valence-electron chi connectivity index (χ2n) is 6.17. The van der Waals surface area contributed by atoms with Crippen molar-refractivity contribution in [2.24, 2.45) is 5.11 Å². The maximum atomic E-state index is 12.5. The van der Waals surface area contributed by atoms with Crippen LogP contribution >= 0.6 is 0 Å². The third-order valence-corrected chi connectivity index (χ3v) is 4.05. The van der Waals surface area contributed by atoms with Crippen molar-refractivity contribution in [2.75, 3.05) is 5.32 Å². The first-order valence-electron chi connectivity index (χ1n) is 8.41. The van der Waals surface area contributed by atoms with Gasteiger partial charge < -0.3 is 5.32 Å². The van der Waals surface area contributed by atoms with Gasteiger partial charge in [0, 0.05) is 30.7 Å². The van der Waals surface area contributed by atoms with E-state index in [0.29, 0.717) is 17.8 Å². The number of halogens is 3. The van der Waals surface area contributed by atoms with Gasteiger partial charge in [0.05, 0.1) is 23.6 Å². The number of hydrogen-bond donors (Lipinski definition) is 2. The molecule has 29 heavy (non-hydrogen) atoms. The summed E-state index contributed by atoms with van der Waals surface area (Å²) in [5.74, 6) is 0.316. The van der Waals surface area contributed by atoms with E-state index >= 15 is 0 Å². The van der Waals surface area contributed by atoms with E-state index in [0.717, 1.165) is 15.8 Å². The van der Waals surface area contributed by atoms with Crippen LogP contribution in [-0.4, -0.2) is 35.5 Å². The molecule has 0 aliphatic carbocycles. The smallest absolute Gasteiger partial charge is 0.363 e. The molecule has 4 aromatic heterocycles. The van der Waals surface area contributed by atoms with Crippen molar-refractivity contribution >= 4 is 17.2 Å². The third-order valence-electron chi connectivity index (χ3n) is 4.05. The number of nitrogens with zero attached hydrogens (tertiary/aromatic N) is 7. The molecular formula is C17H14F3N9. The second-order valence-corrected chi connectivity index (χ2v) is 6.17. The molecule has 4 rings (SSSR count). The molecule has 0 amide bonds. The monoisotopic (exact) mass is 401 g/mol. The van der Waals surface area contributed by atoms with Gasteiger partial charge in [0.1, 0.15) is 6.54 Å². The lowest BCUT2D eigenvalue weighted by atomic mass is 10.2. The summed E-state index contributed by atoms with van der Waals surface area (Å²) >= 11 is 0. The zero-order chi connectivity index (χ0) is 20.4. The average Bonchev–Trinajstić information content (AvgIpc) is 3.33. The standard InChI is InChI=1S/C17H14F3N9/c18-17(19,20)10-28-9-12(7-25-28)14-8-23-16(27-21)15(26-14)22-6-11-2-4-29-13(5-11)1-3-24-29/h1-5,7-9,21H,6,10H2,(H,22,26). The molecule has 0 aliphatic heterocycles. The lowest BCUT2D eigenvalue weighted by Gasteiger charge is -2.09. The van der Waals surface area contributed by atoms with Gasteiger partial charge in [-0.25, -0.2) is 20.0 Å². The molecule has 0 atom stereocenters. The van der Waals surface area contributed by atoms with Crippen molar-refractivity contribution in [3.8, 4) is 11.3 Å². The Labute approximate surface area is 161 Å². The van der Waals surface area contributed by atoms with Gasteiger partial charge >= 0.3 is 6.18 Å². The Hall–Kier alpha value is -3.83. The highest BCUT2D eigenvalue weighted by molar-refractivity contribution is 5.64. The van der Waals surface area contributed by atoms with Gasteiger partial charge in [0.25, 0.3) is 0 Å². The largest absolute Gasteiger partial charge is 0.408 e. The van der Waals surface area contributed by atoms with E-state index in [4.69, 9.17) is 5.53 Å². The number of aromatic nitrogens is 6. The highest BCUT2D eigenvalue weighted by atomic mass is 19.4. The topological polar surface area (TPSA) is 109 Å². The minimum absolute atomic E-state index is 0.0712. The summed E-state index contributed by atoms with van der Waals surface area (Å²) in [6, 6.07) is 5.69. The van der Waals surface area contributed by atoms with E-state index in [1.54, 1.807) is 10.7 Å². The number of nitrogens with one attached hydrogen (secondary N) is 2. The summed E-state index contributed by atoms with van der Waals surface area (Å²) in [5.41, 5.74) is 9.82. The van der Waals surface area contributed by atoms with Gasteiger partial charge in [-0.2, -0.15) is 23.4 Å². The Morgan fingerprint density at radius 3 is 2.83 bits per heavy atom. The maximum Gasteiger partial charge on any atom is 0.408 e. The van der Waals surface area contributed by atoms with Crippen LogP contribution in [0, 0.1) is 5.53 Å². The highest BCUT2D eigenvalue weighted by Gasteiger charge is 2.28. The number of hydrogen-bond acceptors (Lipinski definition) is 7. The molecule has 0 unspecified atom stereocenters. The van der Waals surface area contributed by atoms with Crippen LogP contribution in [0.2, 0.25) is 0 Å². The molecule has 9 nitrogen and oxygen atoms in total. The minimum atomic E-state index is -4.37. The molecule has 0 bridgehead atoms. The predicted octanol–water partition coefficient (Wildman–Crippen LogP) is 3.82. The van der Waals surface area contributed by atoms with Gasteiger partial charge in [-0.15, -0.1) is 5.11 Å². The Morgan fingerprint density at radius 2 is 2.03 bits per heavy atom. The Balaban J connectivity index is 1.55. The van der Waals surface area contributed by atoms with Crippen LogP contribution in [0.4, 0.5) is 24.8 Å². The Morgan fingerprint density at radius 1 is 1.17 bits per heavy atom. The number of fused-ring (bicyclic) bond motifs is 1. The van der Waals surface area contributed by atoms with Gasteiger partial charge in [-0.1, -0.05) is 0 Å². The fraction of sp³-hybridized carbons (Fsp3) is 0.176. The molecule has 0 saturated carbocycles. The zero-order valence-corrected chi connectivity index (χ0v) is 14.8. The summed E-state index contributed by atoms with van der Waals surface area (Å²) < 4.78 is 40.1. The molecule has 148 valence electrons. The molecule has 0 aliphatic rings. The van der Waals surface area contributed by atoms with Crippen LogP contribution in [0.3, 0.4) is 0 Å². The van der Waals surface area contributed by atoms with E-state index in [1.807, 2.05) is 24.4 Å². The molecule has 0 saturated heterocycles. The fourth-order valence-corrected chi connectivity index (χ4v) is 2.75. The summed E-state index contributed by atoms with van der Waals surface area (Å²) in [4.78, 5) is 8.41. The van der Waals surface area contributed by atoms with E-state index in [2.05, 4.69) is 30.6 Å². The first-order chi connectivity index (χ1) is 13.9. The highest BCUT2D eigenvalue weighted by Crippen LogP contribution is 2.26. The number of rotatable bonds is 6. The van der Waals surface area contributed by atoms with Crippen molar-refractivity contribution in [3.05, 3.63) is 54.7 Å². The van der Waals surface area contributed by atoms with Crippen LogP contribution in [0.15, 0.2) is 54.3 Å². The molecular weight excluding hydrogens is 387 g/mol. The molecule has 0 fully saturated rings. The van der Waals surface area contributed by atoms with Crippen molar-refractivity contribution in [2.45, 2.75) is 19.3 Å². The first kappa shape index (κ1) is 18.5. The molecule has 12 heteroatoms. The van der Waals surface area contributed by atoms with Crippen molar-refractivity contribution in [1.29, 1.82) is 5.53 Å². The summed E-state index contributed by atoms with van der Waals surface area (Å²) in [6.45, 7) is -0.807. The first-order valence-corrected chi connectivity index (χ1v) is 8.41. The van der Waals surface area contributed by atoms with Crippen molar-refractivity contribution in [3.63, 3.8) is 0 Å². The average molecular weight is 401 g/mol. The fourth-order valence-electron chi connectivity index (χ4n) is 2.75. The van der Waals surface area contributed by atoms with Crippen LogP contribution in [0.25, 0.3) is 16.8 Å². The van der Waals surface area contributed by atoms with Gasteiger partial charge in [0.15, 0.2) is 5.82 Å². The molecule has 0 radical (unpaired) electrons. The third kappa shape index (κ3) is 4.20. The summed E-state index contributed by atoms with van der Waals surface area (Å²) in [5, 5.41) is 14.2. The van der Waals surface area contributed by atoms with Gasteiger partial charge in [-0.3, -0.25) is 4.68 Å². The predicted molar refractivity (Wildman–Crippen MR) is 96.6 cm³/mol. The Bertz CT molecular complexity index is 1160. The van der Waals surface area contributed by atoms with Crippen LogP contribution < -0.4 is 5.32 Å². The second kappa shape index (κ2) is 7.30. The minimum Gasteiger partial charge on any atom is -0.363 e. The molecule has 2 N–H and O–H groups in total. The van der Waals surface area contributed by atoms with Crippen LogP contribution in [-0.2, 0) is 13.1 Å². The molecule has 4 aromatic rings. The summed E-state index contributed by atoms with van der Waals surface area (Å²) in [6.07, 6.45) is 3.01. The maximum absolute atomic E-state index is 12.5. The van der Waals surface area contributed by atoms with Crippen molar-refractivity contribution in [1.82, 2.24) is 29.4 Å². The van der Waals surface area contributed by atoms with Crippen molar-refractivity contribution < 1.29 is 13.2 Å². The lowest BCUT2D eigenvalue weighted by molar-refractivity contribution is -0.142. The molecule has 0 spiro atoms. The van der Waals surface area contributed by atoms with Crippen LogP contribution in [0.5, 0.6) is 0 Å². The quantitative estimate of drug-likeness (QED) is 0.477. The summed E-state index contributed by atoms with van der Waals surface area (Å²) in [7, 11) is 0. The molecule has 0 aromatic carbocycles. The Kier molecular flexibility index (Phi) is 4.66. The van der Waals surface area contributed by atoms with E-state index < -0.39 is 12.7 Å². The normalized spacial score (nSPS) is 11.7. The van der Waals surface area contributed by atoms with E-state index in [9.17, 15) is 13.2 Å². The number of anilines is 1.